The molecule has 6 nitrogen and oxygen atoms in total. The van der Waals surface area contributed by atoms with E-state index in [1.165, 1.54) is 12.8 Å². The minimum absolute atomic E-state index is 0.0678. The lowest BCUT2D eigenvalue weighted by Crippen LogP contribution is -2.68. The number of nitrogens with one attached hydrogen (secondary N) is 1. The predicted molar refractivity (Wildman–Crippen MR) is 111 cm³/mol. The highest BCUT2D eigenvalue weighted by Crippen LogP contribution is 2.43. The molecule has 3 heterocycles. The van der Waals surface area contributed by atoms with Gasteiger partial charge in [0.05, 0.1) is 12.8 Å². The molecule has 2 fully saturated rings. The van der Waals surface area contributed by atoms with E-state index in [0.29, 0.717) is 6.54 Å². The van der Waals surface area contributed by atoms with Crippen molar-refractivity contribution >= 4 is 22.7 Å². The summed E-state index contributed by atoms with van der Waals surface area (Å²) < 4.78 is 5.41. The number of benzene rings is 1. The fourth-order valence-corrected chi connectivity index (χ4v) is 5.65. The number of fused-ring (bicyclic) bond motifs is 5. The maximum Gasteiger partial charge on any atom is 0.255 e. The number of rotatable bonds is 2. The van der Waals surface area contributed by atoms with Crippen molar-refractivity contribution in [3.63, 3.8) is 0 Å². The average Bonchev–Trinajstić information content (AvgIpc) is 2.90. The summed E-state index contributed by atoms with van der Waals surface area (Å²) in [5, 5.41) is 1.09. The van der Waals surface area contributed by atoms with Gasteiger partial charge < -0.3 is 19.5 Å². The van der Waals surface area contributed by atoms with E-state index >= 15 is 0 Å². The van der Waals surface area contributed by atoms with Gasteiger partial charge in [-0.05, 0) is 49.9 Å². The van der Waals surface area contributed by atoms with Gasteiger partial charge in [0, 0.05) is 23.5 Å². The molecule has 1 atom stereocenters. The summed E-state index contributed by atoms with van der Waals surface area (Å²) in [6.07, 6.45) is 7.49. The second-order valence-corrected chi connectivity index (χ2v) is 8.84. The number of nitrogens with zero attached hydrogens (tertiary/aromatic N) is 2. The summed E-state index contributed by atoms with van der Waals surface area (Å²) in [6.45, 7) is 2.74. The van der Waals surface area contributed by atoms with Crippen molar-refractivity contribution in [2.45, 2.75) is 63.5 Å². The van der Waals surface area contributed by atoms with Crippen LogP contribution < -0.4 is 4.74 Å². The minimum atomic E-state index is -0.957. The van der Waals surface area contributed by atoms with Crippen molar-refractivity contribution in [2.75, 3.05) is 20.2 Å². The molecular weight excluding hydrogens is 366 g/mol. The molecule has 1 aromatic heterocycles. The molecule has 0 radical (unpaired) electrons. The lowest BCUT2D eigenvalue weighted by molar-refractivity contribution is -0.168. The summed E-state index contributed by atoms with van der Waals surface area (Å²) in [4.78, 5) is 34.2. The zero-order valence-electron chi connectivity index (χ0n) is 17.3. The van der Waals surface area contributed by atoms with Crippen LogP contribution in [0.3, 0.4) is 0 Å². The molecule has 1 aromatic carbocycles. The number of carbonyl (C=O) groups excluding carboxylic acids is 2. The quantitative estimate of drug-likeness (QED) is 0.793. The molecule has 3 aliphatic rings. The molecule has 2 amide bonds. The fourth-order valence-electron chi connectivity index (χ4n) is 5.65. The van der Waals surface area contributed by atoms with E-state index in [9.17, 15) is 9.59 Å². The molecule has 1 saturated heterocycles. The Morgan fingerprint density at radius 3 is 2.62 bits per heavy atom. The number of hydrogen-bond donors (Lipinski definition) is 1. The van der Waals surface area contributed by atoms with Gasteiger partial charge in [-0.3, -0.25) is 9.59 Å². The Balaban J connectivity index is 1.60. The van der Waals surface area contributed by atoms with E-state index in [-0.39, 0.29) is 24.4 Å². The smallest absolute Gasteiger partial charge is 0.255 e. The van der Waals surface area contributed by atoms with Crippen molar-refractivity contribution in [2.24, 2.45) is 0 Å². The zero-order chi connectivity index (χ0) is 20.2. The van der Waals surface area contributed by atoms with Gasteiger partial charge in [-0.25, -0.2) is 0 Å². The number of aromatic amines is 1. The van der Waals surface area contributed by atoms with Gasteiger partial charge in [-0.15, -0.1) is 0 Å². The zero-order valence-corrected chi connectivity index (χ0v) is 17.3. The van der Waals surface area contributed by atoms with Crippen molar-refractivity contribution < 1.29 is 14.3 Å². The molecule has 0 bridgehead atoms. The highest BCUT2D eigenvalue weighted by Gasteiger charge is 2.55. The average molecular weight is 396 g/mol. The highest BCUT2D eigenvalue weighted by molar-refractivity contribution is 6.01. The van der Waals surface area contributed by atoms with Crippen LogP contribution in [0.5, 0.6) is 5.75 Å². The molecule has 2 aliphatic heterocycles. The first-order valence-electron chi connectivity index (χ1n) is 10.8. The summed E-state index contributed by atoms with van der Waals surface area (Å²) in [6, 6.07) is 6.14. The SMILES string of the molecule is COc1ccc2[nH]c3c(c2c1)CCN1C(=O)CN(C2CCCCCC2)C(=O)[C@@]31C. The summed E-state index contributed by atoms with van der Waals surface area (Å²) in [5.41, 5.74) is 2.05. The van der Waals surface area contributed by atoms with E-state index in [0.717, 1.165) is 60.0 Å². The number of H-pyrrole nitrogens is 1. The first-order chi connectivity index (χ1) is 14.0. The van der Waals surface area contributed by atoms with E-state index in [1.807, 2.05) is 30.0 Å². The maximum absolute atomic E-state index is 13.9. The third-order valence-electron chi connectivity index (χ3n) is 7.27. The number of piperazine rings is 1. The normalized spacial score (nSPS) is 25.7. The van der Waals surface area contributed by atoms with E-state index in [4.69, 9.17) is 4.74 Å². The molecular formula is C23H29N3O3. The first kappa shape index (κ1) is 18.5. The van der Waals surface area contributed by atoms with Crippen molar-refractivity contribution in [1.82, 2.24) is 14.8 Å². The number of amides is 2. The molecule has 5 rings (SSSR count). The number of hydrogen-bond acceptors (Lipinski definition) is 3. The Labute approximate surface area is 171 Å². The number of ether oxygens (including phenoxy) is 1. The maximum atomic E-state index is 13.9. The van der Waals surface area contributed by atoms with Crippen LogP contribution in [0.2, 0.25) is 0 Å². The van der Waals surface area contributed by atoms with Crippen LogP contribution in [-0.2, 0) is 21.5 Å². The monoisotopic (exact) mass is 395 g/mol. The largest absolute Gasteiger partial charge is 0.497 e. The first-order valence-corrected chi connectivity index (χ1v) is 10.8. The van der Waals surface area contributed by atoms with Crippen LogP contribution >= 0.6 is 0 Å². The molecule has 29 heavy (non-hydrogen) atoms. The Morgan fingerprint density at radius 1 is 1.14 bits per heavy atom. The molecule has 1 aliphatic carbocycles. The summed E-state index contributed by atoms with van der Waals surface area (Å²) in [7, 11) is 1.66. The van der Waals surface area contributed by atoms with Gasteiger partial charge in [0.2, 0.25) is 5.91 Å². The number of aromatic nitrogens is 1. The van der Waals surface area contributed by atoms with Crippen molar-refractivity contribution in [3.8, 4) is 5.75 Å². The minimum Gasteiger partial charge on any atom is -0.497 e. The van der Waals surface area contributed by atoms with Gasteiger partial charge in [0.25, 0.3) is 5.91 Å². The molecule has 154 valence electrons. The lowest BCUT2D eigenvalue weighted by atomic mass is 9.82. The molecule has 6 heteroatoms. The standard InChI is InChI=1S/C23H29N3O3/c1-23-21-17(18-13-16(29-2)9-10-19(18)24-21)11-12-26(23)20(27)14-25(22(23)28)15-7-5-3-4-6-8-15/h9-10,13,15,24H,3-8,11-12,14H2,1-2H3/t23-/m1/s1. The molecule has 1 N–H and O–H groups in total. The Bertz CT molecular complexity index is 973. The fraction of sp³-hybridized carbons (Fsp3) is 0.565. The third-order valence-corrected chi connectivity index (χ3v) is 7.27. The van der Waals surface area contributed by atoms with Crippen LogP contribution in [-0.4, -0.2) is 52.8 Å². The molecule has 2 aromatic rings. The third kappa shape index (κ3) is 2.68. The van der Waals surface area contributed by atoms with Crippen LogP contribution in [0.15, 0.2) is 18.2 Å². The van der Waals surface area contributed by atoms with Gasteiger partial charge in [0.15, 0.2) is 5.54 Å². The second kappa shape index (κ2) is 6.78. The summed E-state index contributed by atoms with van der Waals surface area (Å²) >= 11 is 0. The Morgan fingerprint density at radius 2 is 1.90 bits per heavy atom. The van der Waals surface area contributed by atoms with E-state index in [1.54, 1.807) is 12.0 Å². The van der Waals surface area contributed by atoms with Crippen LogP contribution in [0.4, 0.5) is 0 Å². The lowest BCUT2D eigenvalue weighted by Gasteiger charge is -2.51. The van der Waals surface area contributed by atoms with Crippen molar-refractivity contribution in [3.05, 3.63) is 29.5 Å². The van der Waals surface area contributed by atoms with Crippen LogP contribution in [0.1, 0.15) is 56.7 Å². The van der Waals surface area contributed by atoms with Crippen LogP contribution in [0.25, 0.3) is 10.9 Å². The number of methoxy groups -OCH3 is 1. The van der Waals surface area contributed by atoms with E-state index in [2.05, 4.69) is 4.98 Å². The molecule has 0 unspecified atom stereocenters. The highest BCUT2D eigenvalue weighted by atomic mass is 16.5. The van der Waals surface area contributed by atoms with Crippen molar-refractivity contribution in [1.29, 1.82) is 0 Å². The Kier molecular flexibility index (Phi) is 4.33. The van der Waals surface area contributed by atoms with Gasteiger partial charge in [-0.2, -0.15) is 0 Å². The summed E-state index contributed by atoms with van der Waals surface area (Å²) in [5.74, 6) is 0.944. The van der Waals surface area contributed by atoms with E-state index < -0.39 is 5.54 Å². The number of carbonyl (C=O) groups is 2. The van der Waals surface area contributed by atoms with Gasteiger partial charge >= 0.3 is 0 Å². The molecule has 0 spiro atoms. The van der Waals surface area contributed by atoms with Gasteiger partial charge in [-0.1, -0.05) is 25.7 Å². The van der Waals surface area contributed by atoms with Crippen LogP contribution in [0, 0.1) is 0 Å². The molecule has 1 saturated carbocycles. The second-order valence-electron chi connectivity index (χ2n) is 8.84. The predicted octanol–water partition coefficient (Wildman–Crippen LogP) is 3.34. The topological polar surface area (TPSA) is 65.6 Å². The Hall–Kier alpha value is -2.50. The van der Waals surface area contributed by atoms with Gasteiger partial charge in [0.1, 0.15) is 12.3 Å².